The molecular formula is C11H20N4. The molecule has 1 unspecified atom stereocenters. The maximum absolute atomic E-state index is 8.54. The van der Waals surface area contributed by atoms with Crippen LogP contribution in [0, 0.1) is 16.7 Å². The Morgan fingerprint density at radius 2 is 2.40 bits per heavy atom. The number of nitrogens with one attached hydrogen (secondary N) is 2. The lowest BCUT2D eigenvalue weighted by molar-refractivity contribution is 0.337. The lowest BCUT2D eigenvalue weighted by Gasteiger charge is -2.24. The minimum Gasteiger partial charge on any atom is -0.356 e. The van der Waals surface area contributed by atoms with E-state index in [0.29, 0.717) is 12.5 Å². The second-order valence-electron chi connectivity index (χ2n) is 4.91. The molecule has 0 aliphatic carbocycles. The van der Waals surface area contributed by atoms with E-state index in [1.165, 1.54) is 0 Å². The van der Waals surface area contributed by atoms with Crippen LogP contribution in [0.4, 0.5) is 0 Å². The van der Waals surface area contributed by atoms with Gasteiger partial charge in [0.25, 0.3) is 0 Å². The summed E-state index contributed by atoms with van der Waals surface area (Å²) in [6.45, 7) is 8.14. The molecule has 4 nitrogen and oxygen atoms in total. The zero-order valence-corrected chi connectivity index (χ0v) is 9.80. The number of nitrogens with zero attached hydrogens (tertiary/aromatic N) is 2. The van der Waals surface area contributed by atoms with Crippen LogP contribution < -0.4 is 10.6 Å². The summed E-state index contributed by atoms with van der Waals surface area (Å²) in [4.78, 5) is 4.33. The molecule has 0 aromatic carbocycles. The monoisotopic (exact) mass is 208 g/mol. The van der Waals surface area contributed by atoms with E-state index in [1.807, 2.05) is 0 Å². The summed E-state index contributed by atoms with van der Waals surface area (Å²) in [6, 6.07) is 2.62. The predicted molar refractivity (Wildman–Crippen MR) is 61.5 cm³/mol. The molecule has 0 bridgehead atoms. The quantitative estimate of drug-likeness (QED) is 0.731. The van der Waals surface area contributed by atoms with Gasteiger partial charge in [-0.15, -0.1) is 0 Å². The van der Waals surface area contributed by atoms with Gasteiger partial charge in [-0.25, -0.2) is 0 Å². The summed E-state index contributed by atoms with van der Waals surface area (Å²) in [7, 11) is 0. The zero-order valence-electron chi connectivity index (χ0n) is 9.80. The first-order valence-electron chi connectivity index (χ1n) is 5.45. The molecule has 1 aliphatic rings. The van der Waals surface area contributed by atoms with Crippen molar-refractivity contribution in [3.05, 3.63) is 0 Å². The van der Waals surface area contributed by atoms with E-state index in [9.17, 15) is 0 Å². The summed E-state index contributed by atoms with van der Waals surface area (Å²) in [5, 5.41) is 15.1. The van der Waals surface area contributed by atoms with Gasteiger partial charge in [0.1, 0.15) is 0 Å². The molecule has 84 valence electrons. The van der Waals surface area contributed by atoms with Crippen molar-refractivity contribution in [2.75, 3.05) is 13.1 Å². The lowest BCUT2D eigenvalue weighted by Crippen LogP contribution is -2.41. The number of rotatable bonds is 4. The molecule has 15 heavy (non-hydrogen) atoms. The lowest BCUT2D eigenvalue weighted by atomic mass is 9.88. The maximum Gasteiger partial charge on any atom is 0.191 e. The summed E-state index contributed by atoms with van der Waals surface area (Å²) in [5.41, 5.74) is 0.145. The van der Waals surface area contributed by atoms with E-state index in [-0.39, 0.29) is 5.41 Å². The number of hydrogen-bond donors (Lipinski definition) is 2. The van der Waals surface area contributed by atoms with Gasteiger partial charge in [0.15, 0.2) is 5.96 Å². The first-order chi connectivity index (χ1) is 7.03. The standard InChI is InChI=1S/C11H20N4/c1-9-7-13-10(15-9)14-8-11(2,3)5-4-6-12/h9H,4-5,7-8H2,1-3H3,(H2,13,14,15). The number of aliphatic imine (C=N–C) groups is 1. The van der Waals surface area contributed by atoms with E-state index in [4.69, 9.17) is 5.26 Å². The Hall–Kier alpha value is -1.24. The third-order valence-electron chi connectivity index (χ3n) is 2.55. The van der Waals surface area contributed by atoms with E-state index >= 15 is 0 Å². The summed E-state index contributed by atoms with van der Waals surface area (Å²) in [5.74, 6) is 0.896. The highest BCUT2D eigenvalue weighted by molar-refractivity contribution is 5.81. The van der Waals surface area contributed by atoms with E-state index in [1.54, 1.807) is 0 Å². The van der Waals surface area contributed by atoms with Gasteiger partial charge < -0.3 is 10.6 Å². The zero-order chi connectivity index (χ0) is 11.3. The first-order valence-corrected chi connectivity index (χ1v) is 5.45. The Labute approximate surface area is 91.8 Å². The van der Waals surface area contributed by atoms with Gasteiger partial charge in [0.2, 0.25) is 0 Å². The largest absolute Gasteiger partial charge is 0.356 e. The Morgan fingerprint density at radius 1 is 1.67 bits per heavy atom. The third kappa shape index (κ3) is 4.20. The fourth-order valence-corrected chi connectivity index (χ4v) is 1.47. The Balaban J connectivity index is 2.27. The third-order valence-corrected chi connectivity index (χ3v) is 2.55. The molecule has 0 spiro atoms. The molecule has 1 aliphatic heterocycles. The Kier molecular flexibility index (Phi) is 3.96. The van der Waals surface area contributed by atoms with Crippen molar-refractivity contribution >= 4 is 5.96 Å². The van der Waals surface area contributed by atoms with Crippen LogP contribution in [0.3, 0.4) is 0 Å². The van der Waals surface area contributed by atoms with Crippen molar-refractivity contribution in [2.45, 2.75) is 39.7 Å². The van der Waals surface area contributed by atoms with Crippen LogP contribution in [0.5, 0.6) is 0 Å². The molecule has 2 N–H and O–H groups in total. The fourth-order valence-electron chi connectivity index (χ4n) is 1.47. The molecule has 1 heterocycles. The van der Waals surface area contributed by atoms with Crippen molar-refractivity contribution < 1.29 is 0 Å². The van der Waals surface area contributed by atoms with Crippen LogP contribution in [0.25, 0.3) is 0 Å². The second-order valence-corrected chi connectivity index (χ2v) is 4.91. The summed E-state index contributed by atoms with van der Waals surface area (Å²) in [6.07, 6.45) is 1.53. The van der Waals surface area contributed by atoms with Gasteiger partial charge in [0, 0.05) is 19.0 Å². The van der Waals surface area contributed by atoms with Crippen molar-refractivity contribution in [3.63, 3.8) is 0 Å². The summed E-state index contributed by atoms with van der Waals surface area (Å²) < 4.78 is 0. The average molecular weight is 208 g/mol. The van der Waals surface area contributed by atoms with Crippen LogP contribution in [0.1, 0.15) is 33.6 Å². The molecule has 0 aromatic heterocycles. The van der Waals surface area contributed by atoms with E-state index in [0.717, 1.165) is 25.5 Å². The predicted octanol–water partition coefficient (Wildman–Crippen LogP) is 1.25. The number of guanidine groups is 1. The molecule has 0 radical (unpaired) electrons. The normalized spacial score (nSPS) is 20.4. The molecule has 0 saturated heterocycles. The molecule has 4 heteroatoms. The smallest absolute Gasteiger partial charge is 0.191 e. The molecule has 0 aromatic rings. The SMILES string of the molecule is CC1CN=C(NCC(C)(C)CCC#N)N1. The van der Waals surface area contributed by atoms with Gasteiger partial charge in [-0.2, -0.15) is 5.26 Å². The van der Waals surface area contributed by atoms with Gasteiger partial charge in [-0.1, -0.05) is 13.8 Å². The van der Waals surface area contributed by atoms with Crippen molar-refractivity contribution in [1.29, 1.82) is 5.26 Å². The Morgan fingerprint density at radius 3 is 2.93 bits per heavy atom. The minimum atomic E-state index is 0.145. The van der Waals surface area contributed by atoms with E-state index in [2.05, 4.69) is 42.5 Å². The molecule has 0 amide bonds. The van der Waals surface area contributed by atoms with Gasteiger partial charge in [0.05, 0.1) is 12.6 Å². The highest BCUT2D eigenvalue weighted by atomic mass is 15.2. The van der Waals surface area contributed by atoms with Crippen LogP contribution in [0.15, 0.2) is 4.99 Å². The summed E-state index contributed by atoms with van der Waals surface area (Å²) >= 11 is 0. The molecule has 0 saturated carbocycles. The van der Waals surface area contributed by atoms with Crippen molar-refractivity contribution in [2.24, 2.45) is 10.4 Å². The first kappa shape index (κ1) is 11.8. The van der Waals surface area contributed by atoms with E-state index < -0.39 is 0 Å². The van der Waals surface area contributed by atoms with Gasteiger partial charge >= 0.3 is 0 Å². The van der Waals surface area contributed by atoms with Crippen LogP contribution in [0.2, 0.25) is 0 Å². The topological polar surface area (TPSA) is 60.2 Å². The van der Waals surface area contributed by atoms with Gasteiger partial charge in [-0.3, -0.25) is 4.99 Å². The second kappa shape index (κ2) is 5.01. The molecular weight excluding hydrogens is 188 g/mol. The van der Waals surface area contributed by atoms with Crippen LogP contribution in [-0.2, 0) is 0 Å². The molecule has 1 rings (SSSR count). The van der Waals surface area contributed by atoms with Crippen molar-refractivity contribution in [1.82, 2.24) is 10.6 Å². The number of nitriles is 1. The average Bonchev–Trinajstić information content (AvgIpc) is 2.59. The molecule has 1 atom stereocenters. The highest BCUT2D eigenvalue weighted by Crippen LogP contribution is 2.20. The fraction of sp³-hybridized carbons (Fsp3) is 0.818. The number of hydrogen-bond acceptors (Lipinski definition) is 4. The Bertz CT molecular complexity index is 275. The van der Waals surface area contributed by atoms with Gasteiger partial charge in [-0.05, 0) is 18.8 Å². The molecule has 0 fully saturated rings. The minimum absolute atomic E-state index is 0.145. The highest BCUT2D eigenvalue weighted by Gasteiger charge is 2.19. The van der Waals surface area contributed by atoms with Crippen molar-refractivity contribution in [3.8, 4) is 6.07 Å². The maximum atomic E-state index is 8.54. The van der Waals surface area contributed by atoms with Crippen LogP contribution >= 0.6 is 0 Å². The van der Waals surface area contributed by atoms with Crippen LogP contribution in [-0.4, -0.2) is 25.1 Å².